The summed E-state index contributed by atoms with van der Waals surface area (Å²) in [5, 5.41) is 8.42. The highest BCUT2D eigenvalue weighted by molar-refractivity contribution is 5.94. The van der Waals surface area contributed by atoms with Gasteiger partial charge in [-0.25, -0.2) is 4.68 Å². The molecule has 2 aliphatic rings. The summed E-state index contributed by atoms with van der Waals surface area (Å²) in [4.78, 5) is 0. The molecule has 2 aromatic carbocycles. The molecule has 92 valence electrons. The van der Waals surface area contributed by atoms with Crippen molar-refractivity contribution in [2.75, 3.05) is 6.79 Å². The fourth-order valence-electron chi connectivity index (χ4n) is 2.89. The summed E-state index contributed by atoms with van der Waals surface area (Å²) in [6.07, 6.45) is 0. The van der Waals surface area contributed by atoms with E-state index in [4.69, 9.17) is 9.47 Å². The Kier molecular flexibility index (Phi) is 1.51. The summed E-state index contributed by atoms with van der Waals surface area (Å²) in [6, 6.07) is 10.2. The van der Waals surface area contributed by atoms with Crippen LogP contribution in [0.15, 0.2) is 30.3 Å². The minimum absolute atomic E-state index is 0.300. The van der Waals surface area contributed by atoms with Gasteiger partial charge in [0.1, 0.15) is 5.52 Å². The molecule has 0 atom stereocenters. The Morgan fingerprint density at radius 1 is 1.05 bits per heavy atom. The van der Waals surface area contributed by atoms with E-state index in [0.29, 0.717) is 6.79 Å². The van der Waals surface area contributed by atoms with Crippen LogP contribution in [0.4, 0.5) is 0 Å². The third kappa shape index (κ3) is 1.10. The zero-order valence-corrected chi connectivity index (χ0v) is 9.96. The van der Waals surface area contributed by atoms with Gasteiger partial charge in [-0.2, -0.15) is 0 Å². The van der Waals surface area contributed by atoms with Crippen molar-refractivity contribution < 1.29 is 9.47 Å². The van der Waals surface area contributed by atoms with Crippen molar-refractivity contribution in [2.24, 2.45) is 0 Å². The minimum Gasteiger partial charge on any atom is -0.454 e. The molecule has 0 unspecified atom stereocenters. The summed E-state index contributed by atoms with van der Waals surface area (Å²) in [5.74, 6) is 1.63. The number of ether oxygens (including phenoxy) is 2. The van der Waals surface area contributed by atoms with Crippen LogP contribution in [0.5, 0.6) is 11.5 Å². The molecular weight excluding hydrogens is 242 g/mol. The topological polar surface area (TPSA) is 49.2 Å². The average molecular weight is 251 g/mol. The fourth-order valence-corrected chi connectivity index (χ4v) is 2.89. The monoisotopic (exact) mass is 251 g/mol. The average Bonchev–Trinajstić information content (AvgIpc) is 3.05. The molecule has 0 radical (unpaired) electrons. The van der Waals surface area contributed by atoms with E-state index in [9.17, 15) is 0 Å². The highest BCUT2D eigenvalue weighted by Crippen LogP contribution is 2.42. The van der Waals surface area contributed by atoms with Crippen molar-refractivity contribution >= 4 is 11.0 Å². The normalized spacial score (nSPS) is 14.7. The van der Waals surface area contributed by atoms with Crippen molar-refractivity contribution in [1.82, 2.24) is 15.0 Å². The van der Waals surface area contributed by atoms with Gasteiger partial charge in [-0.3, -0.25) is 0 Å². The van der Waals surface area contributed by atoms with Gasteiger partial charge in [0, 0.05) is 5.56 Å². The molecule has 5 rings (SSSR count). The van der Waals surface area contributed by atoms with Gasteiger partial charge in [0.15, 0.2) is 11.5 Å². The number of para-hydroxylation sites is 1. The Morgan fingerprint density at radius 2 is 1.95 bits per heavy atom. The van der Waals surface area contributed by atoms with Gasteiger partial charge in [-0.15, -0.1) is 5.10 Å². The smallest absolute Gasteiger partial charge is 0.231 e. The quantitative estimate of drug-likeness (QED) is 0.480. The first-order chi connectivity index (χ1) is 9.40. The van der Waals surface area contributed by atoms with Crippen molar-refractivity contribution in [3.8, 4) is 22.6 Å². The molecule has 2 aliphatic heterocycles. The second kappa shape index (κ2) is 3.06. The highest BCUT2D eigenvalue weighted by atomic mass is 16.7. The van der Waals surface area contributed by atoms with Crippen LogP contribution in [0, 0.1) is 0 Å². The van der Waals surface area contributed by atoms with E-state index in [2.05, 4.69) is 22.4 Å². The molecule has 0 saturated heterocycles. The van der Waals surface area contributed by atoms with Crippen molar-refractivity contribution in [3.63, 3.8) is 0 Å². The largest absolute Gasteiger partial charge is 0.454 e. The Morgan fingerprint density at radius 3 is 2.89 bits per heavy atom. The molecule has 0 saturated carbocycles. The summed E-state index contributed by atoms with van der Waals surface area (Å²) >= 11 is 0. The number of benzene rings is 2. The first-order valence-electron chi connectivity index (χ1n) is 6.15. The first kappa shape index (κ1) is 9.38. The molecule has 1 aromatic heterocycles. The van der Waals surface area contributed by atoms with E-state index in [0.717, 1.165) is 34.6 Å². The van der Waals surface area contributed by atoms with E-state index in [1.54, 1.807) is 0 Å². The lowest BCUT2D eigenvalue weighted by Crippen LogP contribution is -2.08. The van der Waals surface area contributed by atoms with Crippen LogP contribution >= 0.6 is 0 Å². The molecule has 0 amide bonds. The van der Waals surface area contributed by atoms with Crippen LogP contribution in [0.3, 0.4) is 0 Å². The maximum absolute atomic E-state index is 5.47. The molecule has 0 spiro atoms. The number of rotatable bonds is 0. The molecule has 3 heterocycles. The third-order valence-electron chi connectivity index (χ3n) is 3.74. The highest BCUT2D eigenvalue weighted by Gasteiger charge is 2.24. The van der Waals surface area contributed by atoms with Gasteiger partial charge in [0.2, 0.25) is 6.79 Å². The maximum Gasteiger partial charge on any atom is 0.231 e. The SMILES string of the molecule is c1cc2c3c(c1)nnn3Cc1cc3c(cc1-2)OCO3. The summed E-state index contributed by atoms with van der Waals surface area (Å²) < 4.78 is 12.8. The van der Waals surface area contributed by atoms with Gasteiger partial charge in [0.05, 0.1) is 12.1 Å². The summed E-state index contributed by atoms with van der Waals surface area (Å²) in [5.41, 5.74) is 5.55. The standard InChI is InChI=1S/C14H9N3O2/c1-2-9-10-5-13-12(18-7-19-13)4-8(10)6-17-14(9)11(3-1)15-16-17/h1-5H,6-7H2. The molecule has 5 nitrogen and oxygen atoms in total. The number of hydrogen-bond donors (Lipinski definition) is 0. The van der Waals surface area contributed by atoms with E-state index >= 15 is 0 Å². The number of hydrogen-bond acceptors (Lipinski definition) is 4. The molecule has 5 heteroatoms. The number of aromatic nitrogens is 3. The zero-order chi connectivity index (χ0) is 12.4. The predicted octanol–water partition coefficient (Wildman–Crippen LogP) is 2.19. The van der Waals surface area contributed by atoms with Crippen molar-refractivity contribution in [2.45, 2.75) is 6.54 Å². The summed E-state index contributed by atoms with van der Waals surface area (Å²) in [7, 11) is 0. The molecule has 0 aliphatic carbocycles. The Labute approximate surface area is 108 Å². The second-order valence-electron chi connectivity index (χ2n) is 4.78. The lowest BCUT2D eigenvalue weighted by molar-refractivity contribution is 0.174. The second-order valence-corrected chi connectivity index (χ2v) is 4.78. The van der Waals surface area contributed by atoms with E-state index in [-0.39, 0.29) is 0 Å². The van der Waals surface area contributed by atoms with Gasteiger partial charge in [-0.05, 0) is 29.3 Å². The predicted molar refractivity (Wildman–Crippen MR) is 68.2 cm³/mol. The molecule has 3 aromatic rings. The Bertz CT molecular complexity index is 838. The minimum atomic E-state index is 0.300. The molecule has 0 fully saturated rings. The van der Waals surface area contributed by atoms with E-state index in [1.165, 1.54) is 11.1 Å². The van der Waals surface area contributed by atoms with Crippen molar-refractivity contribution in [3.05, 3.63) is 35.9 Å². The molecule has 0 bridgehead atoms. The fraction of sp³-hybridized carbons (Fsp3) is 0.143. The van der Waals surface area contributed by atoms with Crippen molar-refractivity contribution in [1.29, 1.82) is 0 Å². The Balaban J connectivity index is 1.90. The lowest BCUT2D eigenvalue weighted by Gasteiger charge is -2.18. The molecule has 0 N–H and O–H groups in total. The van der Waals surface area contributed by atoms with Crippen LogP contribution in [0.1, 0.15) is 5.56 Å². The van der Waals surface area contributed by atoms with Gasteiger partial charge in [0.25, 0.3) is 0 Å². The van der Waals surface area contributed by atoms with Crippen LogP contribution in [-0.4, -0.2) is 21.8 Å². The van der Waals surface area contributed by atoms with Gasteiger partial charge in [-0.1, -0.05) is 17.3 Å². The van der Waals surface area contributed by atoms with Gasteiger partial charge < -0.3 is 9.47 Å². The lowest BCUT2D eigenvalue weighted by atomic mass is 9.95. The third-order valence-corrected chi connectivity index (χ3v) is 3.74. The van der Waals surface area contributed by atoms with Gasteiger partial charge >= 0.3 is 0 Å². The van der Waals surface area contributed by atoms with Crippen LogP contribution in [0.25, 0.3) is 22.2 Å². The Hall–Kier alpha value is -2.56. The molecular formula is C14H9N3O2. The zero-order valence-electron chi connectivity index (χ0n) is 9.96. The molecule has 19 heavy (non-hydrogen) atoms. The van der Waals surface area contributed by atoms with Crippen LogP contribution in [0.2, 0.25) is 0 Å². The number of nitrogens with zero attached hydrogens (tertiary/aromatic N) is 3. The van der Waals surface area contributed by atoms with Crippen LogP contribution in [-0.2, 0) is 6.54 Å². The number of fused-ring (bicyclic) bond motifs is 3. The van der Waals surface area contributed by atoms with Crippen LogP contribution < -0.4 is 9.47 Å². The summed E-state index contributed by atoms with van der Waals surface area (Å²) in [6.45, 7) is 1.02. The maximum atomic E-state index is 5.47. The first-order valence-corrected chi connectivity index (χ1v) is 6.15. The van der Waals surface area contributed by atoms with E-state index < -0.39 is 0 Å². The van der Waals surface area contributed by atoms with E-state index in [1.807, 2.05) is 22.9 Å².